The van der Waals surface area contributed by atoms with Gasteiger partial charge in [0.15, 0.2) is 5.79 Å². The van der Waals surface area contributed by atoms with E-state index in [1.165, 1.54) is 16.7 Å². The number of benzene rings is 3. The molecule has 5 aliphatic rings. The smallest absolute Gasteiger partial charge is 0.186 e. The number of hydrogen-bond acceptors (Lipinski definition) is 2. The average molecular weight is 459 g/mol. The Labute approximate surface area is 185 Å². The molecule has 150 valence electrons. The number of hydrogen-bond donors (Lipinski definition) is 0. The van der Waals surface area contributed by atoms with Crippen molar-refractivity contribution in [2.45, 2.75) is 35.6 Å². The van der Waals surface area contributed by atoms with Crippen molar-refractivity contribution in [3.63, 3.8) is 0 Å². The van der Waals surface area contributed by atoms with Gasteiger partial charge in [-0.3, -0.25) is 0 Å². The predicted octanol–water partition coefficient (Wildman–Crippen LogP) is 5.84. The summed E-state index contributed by atoms with van der Waals surface area (Å²) >= 11 is 3.62. The van der Waals surface area contributed by atoms with Crippen LogP contribution in [0, 0.1) is 11.8 Å². The van der Waals surface area contributed by atoms with Crippen molar-refractivity contribution in [3.05, 3.63) is 106 Å². The summed E-state index contributed by atoms with van der Waals surface area (Å²) in [6.07, 6.45) is 2.47. The quantitative estimate of drug-likeness (QED) is 0.490. The van der Waals surface area contributed by atoms with Gasteiger partial charge in [0.2, 0.25) is 0 Å². The highest BCUT2D eigenvalue weighted by molar-refractivity contribution is 9.10. The van der Waals surface area contributed by atoms with E-state index in [4.69, 9.17) is 9.47 Å². The molecule has 3 aromatic rings. The Morgan fingerprint density at radius 2 is 1.40 bits per heavy atom. The molecule has 0 N–H and O–H groups in total. The van der Waals surface area contributed by atoms with E-state index >= 15 is 0 Å². The zero-order chi connectivity index (χ0) is 20.0. The minimum absolute atomic E-state index is 0.0345. The van der Waals surface area contributed by atoms with Crippen LogP contribution in [0.5, 0.6) is 0 Å². The first-order chi connectivity index (χ1) is 14.8. The Kier molecular flexibility index (Phi) is 3.45. The van der Waals surface area contributed by atoms with Crippen molar-refractivity contribution in [3.8, 4) is 0 Å². The van der Waals surface area contributed by atoms with Gasteiger partial charge in [0, 0.05) is 21.7 Å². The van der Waals surface area contributed by atoms with Gasteiger partial charge >= 0.3 is 0 Å². The molecular formula is C27H23BrO2. The van der Waals surface area contributed by atoms with Crippen LogP contribution >= 0.6 is 15.9 Å². The molecule has 3 heteroatoms. The van der Waals surface area contributed by atoms with Gasteiger partial charge in [-0.2, -0.15) is 0 Å². The molecule has 3 saturated heterocycles. The molecule has 5 fully saturated rings. The normalized spacial score (nSPS) is 37.0. The minimum atomic E-state index is -0.587. The van der Waals surface area contributed by atoms with Gasteiger partial charge in [0.25, 0.3) is 0 Å². The number of halogens is 1. The molecule has 0 unspecified atom stereocenters. The average Bonchev–Trinajstić information content (AvgIpc) is 3.10. The van der Waals surface area contributed by atoms with Crippen molar-refractivity contribution in [1.29, 1.82) is 0 Å². The molecule has 0 radical (unpaired) electrons. The Morgan fingerprint density at radius 1 is 0.767 bits per heavy atom. The third-order valence-corrected chi connectivity index (χ3v) is 8.82. The van der Waals surface area contributed by atoms with E-state index in [2.05, 4.69) is 101 Å². The molecule has 2 nitrogen and oxygen atoms in total. The molecule has 0 amide bonds. The Morgan fingerprint density at radius 3 is 2.03 bits per heavy atom. The molecular weight excluding hydrogens is 436 g/mol. The maximum Gasteiger partial charge on any atom is 0.186 e. The highest BCUT2D eigenvalue weighted by atomic mass is 79.9. The molecule has 2 aliphatic carbocycles. The second-order valence-electron chi connectivity index (χ2n) is 9.21. The third-order valence-electron chi connectivity index (χ3n) is 8.29. The molecule has 3 aromatic carbocycles. The van der Waals surface area contributed by atoms with Crippen molar-refractivity contribution >= 4 is 15.9 Å². The summed E-state index contributed by atoms with van der Waals surface area (Å²) < 4.78 is 14.9. The Bertz CT molecular complexity index is 1070. The molecule has 1 spiro atoms. The summed E-state index contributed by atoms with van der Waals surface area (Å²) in [6, 6.07) is 30.9. The fourth-order valence-corrected chi connectivity index (χ4v) is 7.78. The Hall–Kier alpha value is -1.94. The summed E-state index contributed by atoms with van der Waals surface area (Å²) in [5, 5.41) is 0. The van der Waals surface area contributed by atoms with Gasteiger partial charge in [0.1, 0.15) is 0 Å². The van der Waals surface area contributed by atoms with Crippen molar-refractivity contribution in [2.75, 3.05) is 6.61 Å². The number of ether oxygens (including phenoxy) is 2. The highest BCUT2D eigenvalue weighted by Gasteiger charge is 2.97. The van der Waals surface area contributed by atoms with Crippen LogP contribution in [0.4, 0.5) is 0 Å². The third kappa shape index (κ3) is 1.77. The zero-order valence-corrected chi connectivity index (χ0v) is 18.2. The lowest BCUT2D eigenvalue weighted by Gasteiger charge is -2.47. The predicted molar refractivity (Wildman–Crippen MR) is 119 cm³/mol. The number of rotatable bonds is 3. The minimum Gasteiger partial charge on any atom is -0.348 e. The molecule has 3 heterocycles. The topological polar surface area (TPSA) is 18.5 Å². The lowest BCUT2D eigenvalue weighted by Crippen LogP contribution is -2.55. The van der Waals surface area contributed by atoms with Crippen LogP contribution in [0.15, 0.2) is 89.4 Å². The van der Waals surface area contributed by atoms with E-state index in [1.807, 2.05) is 0 Å². The fourth-order valence-electron chi connectivity index (χ4n) is 7.51. The van der Waals surface area contributed by atoms with E-state index < -0.39 is 5.79 Å². The van der Waals surface area contributed by atoms with E-state index in [0.29, 0.717) is 11.8 Å². The first-order valence-corrected chi connectivity index (χ1v) is 11.7. The van der Waals surface area contributed by atoms with Crippen LogP contribution in [0.1, 0.15) is 29.5 Å². The van der Waals surface area contributed by atoms with Gasteiger partial charge in [-0.15, -0.1) is 0 Å². The van der Waals surface area contributed by atoms with Crippen molar-refractivity contribution in [2.24, 2.45) is 11.8 Å². The molecule has 5 atom stereocenters. The summed E-state index contributed by atoms with van der Waals surface area (Å²) in [5.41, 5.74) is 3.82. The van der Waals surface area contributed by atoms with Crippen LogP contribution in [0.3, 0.4) is 0 Å². The van der Waals surface area contributed by atoms with E-state index in [9.17, 15) is 0 Å². The Balaban J connectivity index is 1.54. The van der Waals surface area contributed by atoms with Crippen molar-refractivity contribution < 1.29 is 9.47 Å². The molecule has 2 saturated carbocycles. The van der Waals surface area contributed by atoms with Gasteiger partial charge < -0.3 is 9.47 Å². The van der Waals surface area contributed by atoms with Crippen LogP contribution in [0.2, 0.25) is 0 Å². The maximum atomic E-state index is 6.98. The summed E-state index contributed by atoms with van der Waals surface area (Å²) in [4.78, 5) is 0. The molecule has 3 aliphatic heterocycles. The van der Waals surface area contributed by atoms with Gasteiger partial charge in [-0.1, -0.05) is 88.7 Å². The highest BCUT2D eigenvalue weighted by Crippen LogP contribution is 2.87. The van der Waals surface area contributed by atoms with Crippen LogP contribution in [-0.4, -0.2) is 18.5 Å². The second-order valence-corrected chi connectivity index (χ2v) is 10.1. The van der Waals surface area contributed by atoms with E-state index in [1.54, 1.807) is 0 Å². The SMILES string of the molecule is Brc1ccc([C@]23[C@@H]4O[C@@]5(OCCC[C@H]25)C(c2ccccc2)(c2ccccc2)[C@@H]43)cc1. The van der Waals surface area contributed by atoms with Crippen molar-refractivity contribution in [1.82, 2.24) is 0 Å². The molecule has 30 heavy (non-hydrogen) atoms. The molecule has 4 bridgehead atoms. The van der Waals surface area contributed by atoms with Gasteiger partial charge in [-0.25, -0.2) is 0 Å². The van der Waals surface area contributed by atoms with Gasteiger partial charge in [0.05, 0.1) is 18.1 Å². The lowest BCUT2D eigenvalue weighted by atomic mass is 9.65. The largest absolute Gasteiger partial charge is 0.348 e. The standard InChI is InChI=1S/C27H23BrO2/c28-21-15-13-18(14-16-21)25-22-12-7-17-29-27(22)26(23(25)24(25)30-27,19-8-3-1-4-9-19)20-10-5-2-6-11-20/h1-6,8-11,13-16,22-24H,7,12,17H2/t22-,23+,24-,25+,27-/m1/s1. The van der Waals surface area contributed by atoms with Crippen LogP contribution in [0.25, 0.3) is 0 Å². The van der Waals surface area contributed by atoms with Crippen LogP contribution in [-0.2, 0) is 20.3 Å². The monoisotopic (exact) mass is 458 g/mol. The first-order valence-electron chi connectivity index (χ1n) is 10.9. The lowest BCUT2D eigenvalue weighted by molar-refractivity contribution is -0.258. The molecule has 0 aromatic heterocycles. The summed E-state index contributed by atoms with van der Waals surface area (Å²) in [6.45, 7) is 0.772. The summed E-state index contributed by atoms with van der Waals surface area (Å²) in [7, 11) is 0. The van der Waals surface area contributed by atoms with Crippen LogP contribution < -0.4 is 0 Å². The fraction of sp³-hybridized carbons (Fsp3) is 0.333. The van der Waals surface area contributed by atoms with E-state index in [0.717, 1.165) is 23.9 Å². The first kappa shape index (κ1) is 17.7. The maximum absolute atomic E-state index is 6.98. The van der Waals surface area contributed by atoms with E-state index in [-0.39, 0.29) is 16.9 Å². The molecule has 8 rings (SSSR count). The second kappa shape index (κ2) is 5.85. The summed E-state index contributed by atoms with van der Waals surface area (Å²) in [5.74, 6) is 0.172. The zero-order valence-electron chi connectivity index (χ0n) is 16.6. The van der Waals surface area contributed by atoms with Gasteiger partial charge in [-0.05, 0) is 41.7 Å².